The second kappa shape index (κ2) is 7.84. The Balaban J connectivity index is 1.69. The molecule has 0 radical (unpaired) electrons. The van der Waals surface area contributed by atoms with Crippen molar-refractivity contribution in [2.75, 3.05) is 0 Å². The number of aryl methyl sites for hydroxylation is 3. The fourth-order valence-corrected chi connectivity index (χ4v) is 3.59. The van der Waals surface area contributed by atoms with E-state index in [0.29, 0.717) is 36.3 Å². The zero-order valence-electron chi connectivity index (χ0n) is 15.9. The van der Waals surface area contributed by atoms with Crippen LogP contribution in [0.25, 0.3) is 0 Å². The summed E-state index contributed by atoms with van der Waals surface area (Å²) < 4.78 is 5.54. The second-order valence-corrected chi connectivity index (χ2v) is 7.06. The summed E-state index contributed by atoms with van der Waals surface area (Å²) in [5, 5.41) is 2.95. The summed E-state index contributed by atoms with van der Waals surface area (Å²) in [6, 6.07) is 2.86. The number of rotatable bonds is 6. The SMILES string of the molecule is CC(=O)c1cc(CCC(=O)NC2CCCc3[nH]c(=O)c(C(N)=O)cc32)oc1C. The Morgan fingerprint density at radius 2 is 2.04 bits per heavy atom. The van der Waals surface area contributed by atoms with Crippen LogP contribution in [0.2, 0.25) is 0 Å². The molecule has 1 aliphatic carbocycles. The molecule has 4 N–H and O–H groups in total. The fourth-order valence-electron chi connectivity index (χ4n) is 3.59. The van der Waals surface area contributed by atoms with E-state index in [1.807, 2.05) is 0 Å². The number of fused-ring (bicyclic) bond motifs is 1. The molecule has 1 atom stereocenters. The van der Waals surface area contributed by atoms with E-state index in [-0.39, 0.29) is 29.7 Å². The van der Waals surface area contributed by atoms with Crippen molar-refractivity contribution in [3.63, 3.8) is 0 Å². The quantitative estimate of drug-likeness (QED) is 0.651. The van der Waals surface area contributed by atoms with Gasteiger partial charge in [-0.3, -0.25) is 19.2 Å². The first-order valence-corrected chi connectivity index (χ1v) is 9.21. The number of ketones is 1. The van der Waals surface area contributed by atoms with Gasteiger partial charge < -0.3 is 20.5 Å². The average Bonchev–Trinajstić information content (AvgIpc) is 3.00. The first-order chi connectivity index (χ1) is 13.3. The number of carbonyl (C=O) groups excluding carboxylic acids is 3. The molecule has 28 heavy (non-hydrogen) atoms. The summed E-state index contributed by atoms with van der Waals surface area (Å²) in [6.45, 7) is 3.19. The Hall–Kier alpha value is -3.16. The van der Waals surface area contributed by atoms with Crippen molar-refractivity contribution < 1.29 is 18.8 Å². The number of pyridine rings is 1. The van der Waals surface area contributed by atoms with Crippen LogP contribution in [0.1, 0.15) is 75.7 Å². The average molecular weight is 385 g/mol. The van der Waals surface area contributed by atoms with E-state index >= 15 is 0 Å². The van der Waals surface area contributed by atoms with Crippen molar-refractivity contribution in [2.45, 2.75) is 52.0 Å². The van der Waals surface area contributed by atoms with Crippen molar-refractivity contribution in [3.05, 3.63) is 56.4 Å². The summed E-state index contributed by atoms with van der Waals surface area (Å²) >= 11 is 0. The Morgan fingerprint density at radius 3 is 2.68 bits per heavy atom. The third-order valence-corrected chi connectivity index (χ3v) is 5.00. The molecule has 3 rings (SSSR count). The number of carbonyl (C=O) groups is 3. The predicted molar refractivity (Wildman–Crippen MR) is 101 cm³/mol. The molecule has 2 amide bonds. The highest BCUT2D eigenvalue weighted by atomic mass is 16.3. The lowest BCUT2D eigenvalue weighted by molar-refractivity contribution is -0.122. The van der Waals surface area contributed by atoms with E-state index in [4.69, 9.17) is 10.2 Å². The number of H-pyrrole nitrogens is 1. The largest absolute Gasteiger partial charge is 0.466 e. The molecule has 1 unspecified atom stereocenters. The highest BCUT2D eigenvalue weighted by molar-refractivity contribution is 5.95. The third-order valence-electron chi connectivity index (χ3n) is 5.00. The number of hydrogen-bond acceptors (Lipinski definition) is 5. The summed E-state index contributed by atoms with van der Waals surface area (Å²) in [5.74, 6) is 0.0848. The number of amides is 2. The van der Waals surface area contributed by atoms with Crippen LogP contribution in [0.5, 0.6) is 0 Å². The number of primary amides is 1. The van der Waals surface area contributed by atoms with Gasteiger partial charge in [-0.15, -0.1) is 0 Å². The smallest absolute Gasteiger partial charge is 0.261 e. The van der Waals surface area contributed by atoms with Crippen molar-refractivity contribution >= 4 is 17.6 Å². The monoisotopic (exact) mass is 385 g/mol. The van der Waals surface area contributed by atoms with Crippen LogP contribution in [0.3, 0.4) is 0 Å². The van der Waals surface area contributed by atoms with Gasteiger partial charge >= 0.3 is 0 Å². The molecule has 0 bridgehead atoms. The van der Waals surface area contributed by atoms with Crippen LogP contribution < -0.4 is 16.6 Å². The van der Waals surface area contributed by atoms with Gasteiger partial charge in [-0.25, -0.2) is 0 Å². The molecular formula is C20H23N3O5. The lowest BCUT2D eigenvalue weighted by Crippen LogP contribution is -2.34. The number of nitrogens with two attached hydrogens (primary N) is 1. The number of hydrogen-bond donors (Lipinski definition) is 3. The zero-order chi connectivity index (χ0) is 20.4. The Bertz CT molecular complexity index is 1000. The summed E-state index contributed by atoms with van der Waals surface area (Å²) in [7, 11) is 0. The predicted octanol–water partition coefficient (Wildman–Crippen LogP) is 1.70. The van der Waals surface area contributed by atoms with E-state index in [1.54, 1.807) is 13.0 Å². The fraction of sp³-hybridized carbons (Fsp3) is 0.400. The summed E-state index contributed by atoms with van der Waals surface area (Å²) in [6.07, 6.45) is 2.76. The highest BCUT2D eigenvalue weighted by Crippen LogP contribution is 2.28. The summed E-state index contributed by atoms with van der Waals surface area (Å²) in [5.41, 5.74) is 6.62. The van der Waals surface area contributed by atoms with Crippen LogP contribution >= 0.6 is 0 Å². The van der Waals surface area contributed by atoms with E-state index in [1.165, 1.54) is 13.0 Å². The standard InChI is InChI=1S/C20H23N3O5/c1-10(24)13-8-12(28-11(13)2)6-7-18(25)22-16-4-3-5-17-14(16)9-15(19(21)26)20(27)23-17/h8-9,16H,3-7H2,1-2H3,(H2,21,26)(H,22,25)(H,23,27). The molecule has 8 heteroatoms. The molecule has 0 saturated heterocycles. The highest BCUT2D eigenvalue weighted by Gasteiger charge is 2.25. The van der Waals surface area contributed by atoms with E-state index in [9.17, 15) is 19.2 Å². The Labute approximate surface area is 161 Å². The second-order valence-electron chi connectivity index (χ2n) is 7.06. The number of aromatic amines is 1. The molecule has 0 saturated carbocycles. The molecular weight excluding hydrogens is 362 g/mol. The minimum absolute atomic E-state index is 0.0741. The van der Waals surface area contributed by atoms with Crippen LogP contribution in [0.15, 0.2) is 21.3 Å². The number of Topliss-reactive ketones (excluding diaryl/α,β-unsaturated/α-hetero) is 1. The molecule has 8 nitrogen and oxygen atoms in total. The van der Waals surface area contributed by atoms with Crippen LogP contribution in [-0.4, -0.2) is 22.6 Å². The van der Waals surface area contributed by atoms with Gasteiger partial charge in [0.25, 0.3) is 11.5 Å². The molecule has 148 valence electrons. The molecule has 2 aromatic heterocycles. The van der Waals surface area contributed by atoms with Gasteiger partial charge in [0.05, 0.1) is 11.6 Å². The van der Waals surface area contributed by atoms with E-state index < -0.39 is 11.5 Å². The number of nitrogens with one attached hydrogen (secondary N) is 2. The molecule has 2 aromatic rings. The Kier molecular flexibility index (Phi) is 5.48. The van der Waals surface area contributed by atoms with Gasteiger partial charge in [0.1, 0.15) is 17.1 Å². The summed E-state index contributed by atoms with van der Waals surface area (Å²) in [4.78, 5) is 50.0. The first kappa shape index (κ1) is 19.6. The third kappa shape index (κ3) is 4.05. The van der Waals surface area contributed by atoms with Gasteiger partial charge in [-0.2, -0.15) is 0 Å². The van der Waals surface area contributed by atoms with E-state index in [2.05, 4.69) is 10.3 Å². The van der Waals surface area contributed by atoms with Crippen LogP contribution in [-0.2, 0) is 17.6 Å². The lowest BCUT2D eigenvalue weighted by Gasteiger charge is -2.26. The van der Waals surface area contributed by atoms with Gasteiger partial charge in [0.15, 0.2) is 5.78 Å². The number of furan rings is 1. The van der Waals surface area contributed by atoms with Gasteiger partial charge in [0, 0.05) is 18.5 Å². The maximum absolute atomic E-state index is 12.4. The molecule has 2 heterocycles. The van der Waals surface area contributed by atoms with Crippen molar-refractivity contribution in [1.82, 2.24) is 10.3 Å². The van der Waals surface area contributed by atoms with Crippen LogP contribution in [0, 0.1) is 6.92 Å². The van der Waals surface area contributed by atoms with Crippen molar-refractivity contribution in [2.24, 2.45) is 5.73 Å². The number of aromatic nitrogens is 1. The van der Waals surface area contributed by atoms with Crippen molar-refractivity contribution in [1.29, 1.82) is 0 Å². The van der Waals surface area contributed by atoms with Gasteiger partial charge in [0.2, 0.25) is 5.91 Å². The maximum atomic E-state index is 12.4. The normalized spacial score (nSPS) is 15.7. The molecule has 0 fully saturated rings. The zero-order valence-corrected chi connectivity index (χ0v) is 15.9. The van der Waals surface area contributed by atoms with Crippen LogP contribution in [0.4, 0.5) is 0 Å². The molecule has 0 aromatic carbocycles. The lowest BCUT2D eigenvalue weighted by atomic mass is 9.90. The first-order valence-electron chi connectivity index (χ1n) is 9.21. The Morgan fingerprint density at radius 1 is 1.29 bits per heavy atom. The molecule has 0 spiro atoms. The molecule has 0 aliphatic heterocycles. The minimum atomic E-state index is -0.797. The van der Waals surface area contributed by atoms with Gasteiger partial charge in [-0.05, 0) is 50.8 Å². The maximum Gasteiger partial charge on any atom is 0.261 e. The van der Waals surface area contributed by atoms with E-state index in [0.717, 1.165) is 17.7 Å². The molecule has 1 aliphatic rings. The topological polar surface area (TPSA) is 135 Å². The minimum Gasteiger partial charge on any atom is -0.466 e. The van der Waals surface area contributed by atoms with Gasteiger partial charge in [-0.1, -0.05) is 0 Å². The van der Waals surface area contributed by atoms with Crippen molar-refractivity contribution in [3.8, 4) is 0 Å².